The largest absolute Gasteiger partial charge is 0.472 e. The van der Waals surface area contributed by atoms with E-state index in [4.69, 9.17) is 37.0 Å². The number of unbranched alkanes of at least 4 members (excludes halogenated alkanes) is 44. The predicted octanol–water partition coefficient (Wildman–Crippen LogP) is 23.0. The molecule has 0 spiro atoms. The van der Waals surface area contributed by atoms with Crippen molar-refractivity contribution in [1.82, 2.24) is 0 Å². The van der Waals surface area contributed by atoms with Gasteiger partial charge in [-0.05, 0) is 43.4 Å². The van der Waals surface area contributed by atoms with Crippen molar-refractivity contribution in [2.75, 3.05) is 39.6 Å². The van der Waals surface area contributed by atoms with Gasteiger partial charge < -0.3 is 33.8 Å². The van der Waals surface area contributed by atoms with Crippen LogP contribution in [0, 0.1) is 17.8 Å². The summed E-state index contributed by atoms with van der Waals surface area (Å²) in [5.41, 5.74) is 0. The lowest BCUT2D eigenvalue weighted by Gasteiger charge is -2.21. The third kappa shape index (κ3) is 72.2. The molecule has 3 N–H and O–H groups in total. The molecule has 0 amide bonds. The van der Waals surface area contributed by atoms with Crippen molar-refractivity contribution in [3.63, 3.8) is 0 Å². The Bertz CT molecular complexity index is 1890. The number of rotatable bonds is 76. The van der Waals surface area contributed by atoms with Crippen LogP contribution in [0.1, 0.15) is 402 Å². The van der Waals surface area contributed by atoms with Gasteiger partial charge in [-0.2, -0.15) is 0 Å². The number of aliphatic hydroxyl groups excluding tert-OH is 1. The van der Waals surface area contributed by atoms with Crippen molar-refractivity contribution in [2.45, 2.75) is 420 Å². The highest BCUT2D eigenvalue weighted by atomic mass is 31.2. The van der Waals surface area contributed by atoms with E-state index in [9.17, 15) is 43.2 Å². The number of esters is 4. The van der Waals surface area contributed by atoms with E-state index in [1.54, 1.807) is 0 Å². The Morgan fingerprint density at radius 2 is 0.474 bits per heavy atom. The monoisotopic (exact) mass is 1420 g/mol. The van der Waals surface area contributed by atoms with Gasteiger partial charge >= 0.3 is 39.5 Å². The zero-order valence-electron chi connectivity index (χ0n) is 63.5. The number of carbonyl (C=O) groups excluding carboxylic acids is 4. The summed E-state index contributed by atoms with van der Waals surface area (Å²) in [4.78, 5) is 72.8. The van der Waals surface area contributed by atoms with Gasteiger partial charge in [0, 0.05) is 25.7 Å². The Labute approximate surface area is 594 Å². The molecule has 0 aliphatic carbocycles. The summed E-state index contributed by atoms with van der Waals surface area (Å²) in [6.45, 7) is 11.8. The third-order valence-electron chi connectivity index (χ3n) is 18.1. The van der Waals surface area contributed by atoms with Crippen LogP contribution < -0.4 is 0 Å². The molecule has 0 radical (unpaired) electrons. The maximum absolute atomic E-state index is 13.1. The first-order chi connectivity index (χ1) is 46.7. The van der Waals surface area contributed by atoms with Crippen LogP contribution in [0.15, 0.2) is 0 Å². The predicted molar refractivity (Wildman–Crippen MR) is 395 cm³/mol. The zero-order valence-corrected chi connectivity index (χ0v) is 65.3. The molecule has 5 atom stereocenters. The van der Waals surface area contributed by atoms with E-state index in [0.29, 0.717) is 37.5 Å². The maximum atomic E-state index is 13.1. The van der Waals surface area contributed by atoms with Crippen LogP contribution in [0.5, 0.6) is 0 Å². The standard InChI is InChI=1S/C78H152O17P2/c1-8-9-10-11-12-13-14-15-16-17-18-19-20-21-22-23-26-30-33-38-47-54-61-77(82)94-73(65-88-75(80)59-52-45-37-32-29-27-24-25-28-31-35-42-49-56-69(2)3)67-92-96(84,85)90-63-72(79)64-91-97(86,87)93-68-74(66-89-76(81)60-53-46-41-40-44-51-58-71(6)7)95-78(83)62-55-48-39-34-36-43-50-57-70(4)5/h69-74,79H,8-68H2,1-7H3,(H,84,85)(H,86,87)/t72-,73-,74-/m1/s1. The van der Waals surface area contributed by atoms with Crippen LogP contribution in [-0.4, -0.2) is 96.7 Å². The Hall–Kier alpha value is -1.94. The lowest BCUT2D eigenvalue weighted by atomic mass is 10.0. The summed E-state index contributed by atoms with van der Waals surface area (Å²) in [6.07, 6.45) is 56.0. The summed E-state index contributed by atoms with van der Waals surface area (Å²) < 4.78 is 68.5. The number of ether oxygens (including phenoxy) is 4. The van der Waals surface area contributed by atoms with Crippen molar-refractivity contribution >= 4 is 39.5 Å². The molecular weight excluding hydrogens is 1270 g/mol. The molecule has 0 aromatic rings. The topological polar surface area (TPSA) is 237 Å². The number of aliphatic hydroxyl groups is 1. The fourth-order valence-corrected chi connectivity index (χ4v) is 13.5. The summed E-state index contributed by atoms with van der Waals surface area (Å²) in [7, 11) is -9.91. The molecule has 97 heavy (non-hydrogen) atoms. The average molecular weight is 1420 g/mol. The molecule has 0 saturated carbocycles. The molecule has 0 rings (SSSR count). The van der Waals surface area contributed by atoms with Crippen molar-refractivity contribution in [1.29, 1.82) is 0 Å². The maximum Gasteiger partial charge on any atom is 0.472 e. The molecule has 0 aliphatic rings. The van der Waals surface area contributed by atoms with E-state index in [-0.39, 0.29) is 25.7 Å². The first-order valence-electron chi connectivity index (χ1n) is 40.3. The minimum atomic E-state index is -4.96. The number of hydrogen-bond acceptors (Lipinski definition) is 15. The fourth-order valence-electron chi connectivity index (χ4n) is 12.0. The molecule has 0 aromatic carbocycles. The van der Waals surface area contributed by atoms with Gasteiger partial charge in [0.05, 0.1) is 26.4 Å². The van der Waals surface area contributed by atoms with Crippen molar-refractivity contribution in [3.8, 4) is 0 Å². The second-order valence-electron chi connectivity index (χ2n) is 29.5. The van der Waals surface area contributed by atoms with Gasteiger partial charge in [0.15, 0.2) is 12.2 Å². The number of hydrogen-bond donors (Lipinski definition) is 3. The van der Waals surface area contributed by atoms with Crippen LogP contribution in [0.3, 0.4) is 0 Å². The van der Waals surface area contributed by atoms with E-state index in [1.807, 2.05) is 0 Å². The highest BCUT2D eigenvalue weighted by Gasteiger charge is 2.30. The molecule has 2 unspecified atom stereocenters. The normalized spacial score (nSPS) is 14.0. The molecule has 576 valence electrons. The second-order valence-corrected chi connectivity index (χ2v) is 32.4. The smallest absolute Gasteiger partial charge is 0.462 e. The van der Waals surface area contributed by atoms with E-state index in [1.165, 1.54) is 205 Å². The molecule has 17 nitrogen and oxygen atoms in total. The second kappa shape index (κ2) is 68.5. The van der Waals surface area contributed by atoms with Gasteiger partial charge in [0.2, 0.25) is 0 Å². The van der Waals surface area contributed by atoms with Crippen molar-refractivity contribution < 1.29 is 80.2 Å². The average Bonchev–Trinajstić information content (AvgIpc) is 1.07. The summed E-state index contributed by atoms with van der Waals surface area (Å²) in [5, 5.41) is 10.6. The highest BCUT2D eigenvalue weighted by molar-refractivity contribution is 7.47. The van der Waals surface area contributed by atoms with Crippen molar-refractivity contribution in [3.05, 3.63) is 0 Å². The summed E-state index contributed by atoms with van der Waals surface area (Å²) in [6, 6.07) is 0. The number of phosphoric acid groups is 2. The van der Waals surface area contributed by atoms with Crippen LogP contribution >= 0.6 is 15.6 Å². The highest BCUT2D eigenvalue weighted by Crippen LogP contribution is 2.45. The van der Waals surface area contributed by atoms with Gasteiger partial charge in [-0.15, -0.1) is 0 Å². The first-order valence-corrected chi connectivity index (χ1v) is 43.3. The van der Waals surface area contributed by atoms with Crippen LogP contribution in [0.25, 0.3) is 0 Å². The van der Waals surface area contributed by atoms with Crippen LogP contribution in [0.4, 0.5) is 0 Å². The Balaban J connectivity index is 5.17. The SMILES string of the molecule is CCCCCCCCCCCCCCCCCCCCCCCCC(=O)O[C@H](COC(=O)CCCCCCCCCCCCCCCC(C)C)COP(=O)(O)OC[C@@H](O)COP(=O)(O)OC[C@@H](COC(=O)CCCCCCCCC(C)C)OC(=O)CCCCCCCCCC(C)C. The van der Waals surface area contributed by atoms with Gasteiger partial charge in [0.1, 0.15) is 19.3 Å². The van der Waals surface area contributed by atoms with E-state index in [0.717, 1.165) is 102 Å². The van der Waals surface area contributed by atoms with Crippen LogP contribution in [0.2, 0.25) is 0 Å². The fraction of sp³-hybridized carbons (Fsp3) is 0.949. The lowest BCUT2D eigenvalue weighted by molar-refractivity contribution is -0.161. The summed E-state index contributed by atoms with van der Waals surface area (Å²) >= 11 is 0. The zero-order chi connectivity index (χ0) is 71.6. The molecule has 0 aromatic heterocycles. The quantitative estimate of drug-likeness (QED) is 0.0222. The molecule has 19 heteroatoms. The molecule has 0 bridgehead atoms. The van der Waals surface area contributed by atoms with E-state index in [2.05, 4.69) is 48.5 Å². The minimum Gasteiger partial charge on any atom is -0.462 e. The van der Waals surface area contributed by atoms with Crippen LogP contribution in [-0.2, 0) is 65.4 Å². The Morgan fingerprint density at radius 1 is 0.278 bits per heavy atom. The van der Waals surface area contributed by atoms with E-state index < -0.39 is 97.5 Å². The Kier molecular flexibility index (Phi) is 67.1. The number of carbonyl (C=O) groups is 4. The molecule has 0 saturated heterocycles. The molecule has 0 fully saturated rings. The first kappa shape index (κ1) is 95.1. The van der Waals surface area contributed by atoms with Crippen molar-refractivity contribution in [2.24, 2.45) is 17.8 Å². The summed E-state index contributed by atoms with van der Waals surface area (Å²) in [5.74, 6) is 0.0441. The van der Waals surface area contributed by atoms with Gasteiger partial charge in [-0.3, -0.25) is 37.3 Å². The van der Waals surface area contributed by atoms with Gasteiger partial charge in [-0.1, -0.05) is 350 Å². The van der Waals surface area contributed by atoms with Gasteiger partial charge in [0.25, 0.3) is 0 Å². The third-order valence-corrected chi connectivity index (χ3v) is 20.0. The molecular formula is C78H152O17P2. The molecule has 0 aliphatic heterocycles. The van der Waals surface area contributed by atoms with E-state index >= 15 is 0 Å². The minimum absolute atomic E-state index is 0.102. The molecule has 0 heterocycles. The number of phosphoric ester groups is 2. The Morgan fingerprint density at radius 3 is 0.701 bits per heavy atom. The van der Waals surface area contributed by atoms with Gasteiger partial charge in [-0.25, -0.2) is 9.13 Å². The lowest BCUT2D eigenvalue weighted by Crippen LogP contribution is -2.30.